The van der Waals surface area contributed by atoms with Crippen LogP contribution in [0.25, 0.3) is 0 Å². The van der Waals surface area contributed by atoms with Gasteiger partial charge < -0.3 is 24.2 Å². The average molecular weight is 313 g/mol. The van der Waals surface area contributed by atoms with Gasteiger partial charge >= 0.3 is 6.09 Å². The fourth-order valence-electron chi connectivity index (χ4n) is 4.12. The first-order valence-corrected chi connectivity index (χ1v) is 8.08. The van der Waals surface area contributed by atoms with Crippen molar-refractivity contribution in [1.82, 2.24) is 4.90 Å². The maximum absolute atomic E-state index is 12.3. The molecule has 22 heavy (non-hydrogen) atoms. The molecule has 0 radical (unpaired) electrons. The van der Waals surface area contributed by atoms with Crippen LogP contribution in [-0.4, -0.2) is 66.8 Å². The van der Waals surface area contributed by atoms with Gasteiger partial charge in [0.15, 0.2) is 0 Å². The Morgan fingerprint density at radius 3 is 2.86 bits per heavy atom. The minimum atomic E-state index is -0.491. The fourth-order valence-corrected chi connectivity index (χ4v) is 4.12. The number of rotatable bonds is 1. The topological polar surface area (TPSA) is 68.2 Å². The van der Waals surface area contributed by atoms with Crippen molar-refractivity contribution in [2.45, 2.75) is 44.8 Å². The highest BCUT2D eigenvalue weighted by molar-refractivity contribution is 5.68. The molecule has 1 amide bonds. The lowest BCUT2D eigenvalue weighted by atomic mass is 9.81. The van der Waals surface area contributed by atoms with E-state index in [1.165, 1.54) is 0 Å². The minimum Gasteiger partial charge on any atom is -0.444 e. The number of aliphatic hydroxyl groups is 1. The summed E-state index contributed by atoms with van der Waals surface area (Å²) in [6.07, 6.45) is 1.31. The van der Waals surface area contributed by atoms with Crippen LogP contribution in [0.4, 0.5) is 4.79 Å². The molecule has 0 bridgehead atoms. The Hall–Kier alpha value is -0.850. The van der Waals surface area contributed by atoms with Gasteiger partial charge in [0.25, 0.3) is 0 Å². The number of fused-ring (bicyclic) bond motifs is 1. The largest absolute Gasteiger partial charge is 0.444 e. The lowest BCUT2D eigenvalue weighted by Gasteiger charge is -2.42. The molecule has 0 unspecified atom stereocenters. The zero-order chi connectivity index (χ0) is 16.0. The van der Waals surface area contributed by atoms with Crippen LogP contribution in [0.2, 0.25) is 0 Å². The number of aliphatic hydroxyl groups excluding tert-OH is 1. The summed E-state index contributed by atoms with van der Waals surface area (Å²) in [4.78, 5) is 14.1. The summed E-state index contributed by atoms with van der Waals surface area (Å²) < 4.78 is 17.1. The first-order chi connectivity index (χ1) is 10.3. The van der Waals surface area contributed by atoms with Gasteiger partial charge in [0, 0.05) is 12.0 Å². The van der Waals surface area contributed by atoms with E-state index in [4.69, 9.17) is 14.2 Å². The number of amides is 1. The Labute approximate surface area is 131 Å². The van der Waals surface area contributed by atoms with E-state index in [0.717, 1.165) is 12.8 Å². The van der Waals surface area contributed by atoms with Crippen LogP contribution in [0.15, 0.2) is 0 Å². The monoisotopic (exact) mass is 313 g/mol. The lowest BCUT2D eigenvalue weighted by Crippen LogP contribution is -2.54. The van der Waals surface area contributed by atoms with Gasteiger partial charge in [-0.25, -0.2) is 4.79 Å². The molecule has 2 saturated heterocycles. The van der Waals surface area contributed by atoms with Crippen LogP contribution in [0.3, 0.4) is 0 Å². The number of carbonyl (C=O) groups is 1. The van der Waals surface area contributed by atoms with E-state index in [9.17, 15) is 9.90 Å². The highest BCUT2D eigenvalue weighted by Crippen LogP contribution is 2.54. The van der Waals surface area contributed by atoms with Gasteiger partial charge in [0.2, 0.25) is 0 Å². The van der Waals surface area contributed by atoms with E-state index in [1.54, 1.807) is 4.90 Å². The molecule has 3 atom stereocenters. The van der Waals surface area contributed by atoms with Crippen LogP contribution in [0.5, 0.6) is 0 Å². The molecule has 1 aliphatic carbocycles. The molecule has 0 aromatic rings. The third-order valence-corrected chi connectivity index (χ3v) is 5.08. The normalized spacial score (nSPS) is 38.4. The van der Waals surface area contributed by atoms with Gasteiger partial charge in [-0.2, -0.15) is 0 Å². The summed E-state index contributed by atoms with van der Waals surface area (Å²) in [5.41, 5.74) is -1.04. The van der Waals surface area contributed by atoms with E-state index in [0.29, 0.717) is 38.8 Å². The second-order valence-corrected chi connectivity index (χ2v) is 8.05. The van der Waals surface area contributed by atoms with Gasteiger partial charge in [0.05, 0.1) is 38.6 Å². The van der Waals surface area contributed by atoms with Crippen LogP contribution in [0, 0.1) is 11.3 Å². The summed E-state index contributed by atoms with van der Waals surface area (Å²) in [5.74, 6) is 0.316. The number of carbonyl (C=O) groups excluding carboxylic acids is 1. The van der Waals surface area contributed by atoms with Crippen molar-refractivity contribution >= 4 is 6.09 Å². The van der Waals surface area contributed by atoms with Gasteiger partial charge in [-0.15, -0.1) is 0 Å². The molecule has 6 heteroatoms. The van der Waals surface area contributed by atoms with Gasteiger partial charge in [-0.05, 0) is 39.5 Å². The highest BCUT2D eigenvalue weighted by atomic mass is 16.6. The highest BCUT2D eigenvalue weighted by Gasteiger charge is 2.59. The fraction of sp³-hybridized carbons (Fsp3) is 0.938. The quantitative estimate of drug-likeness (QED) is 0.793. The van der Waals surface area contributed by atoms with Gasteiger partial charge in [-0.1, -0.05) is 0 Å². The van der Waals surface area contributed by atoms with Crippen molar-refractivity contribution in [2.24, 2.45) is 11.3 Å². The molecule has 3 aliphatic rings. The molecule has 1 spiro atoms. The zero-order valence-corrected chi connectivity index (χ0v) is 13.8. The Kier molecular flexibility index (Phi) is 3.90. The van der Waals surface area contributed by atoms with E-state index < -0.39 is 5.60 Å². The summed E-state index contributed by atoms with van der Waals surface area (Å²) in [5, 5.41) is 9.83. The molecule has 2 aliphatic heterocycles. The predicted octanol–water partition coefficient (Wildman–Crippen LogP) is 1.41. The third-order valence-electron chi connectivity index (χ3n) is 5.08. The second-order valence-electron chi connectivity index (χ2n) is 8.05. The number of nitrogens with zero attached hydrogens (tertiary/aromatic N) is 1. The van der Waals surface area contributed by atoms with E-state index in [2.05, 4.69) is 0 Å². The minimum absolute atomic E-state index is 0.120. The molecular weight excluding hydrogens is 286 g/mol. The maximum Gasteiger partial charge on any atom is 0.410 e. The molecular formula is C16H27NO5. The Balaban J connectivity index is 1.70. The van der Waals surface area contributed by atoms with Crippen molar-refractivity contribution in [1.29, 1.82) is 0 Å². The van der Waals surface area contributed by atoms with Crippen molar-refractivity contribution in [2.75, 3.05) is 39.5 Å². The van der Waals surface area contributed by atoms with Crippen LogP contribution in [-0.2, 0) is 14.2 Å². The number of hydrogen-bond donors (Lipinski definition) is 1. The van der Waals surface area contributed by atoms with Crippen molar-refractivity contribution < 1.29 is 24.1 Å². The summed E-state index contributed by atoms with van der Waals surface area (Å²) >= 11 is 0. The predicted molar refractivity (Wildman–Crippen MR) is 79.6 cm³/mol. The molecule has 0 aromatic heterocycles. The van der Waals surface area contributed by atoms with Gasteiger partial charge in [-0.3, -0.25) is 0 Å². The Morgan fingerprint density at radius 1 is 1.45 bits per heavy atom. The maximum atomic E-state index is 12.3. The smallest absolute Gasteiger partial charge is 0.410 e. The Morgan fingerprint density at radius 2 is 2.23 bits per heavy atom. The summed E-state index contributed by atoms with van der Waals surface area (Å²) in [7, 11) is 0. The molecule has 1 N–H and O–H groups in total. The van der Waals surface area contributed by atoms with E-state index >= 15 is 0 Å². The van der Waals surface area contributed by atoms with Crippen molar-refractivity contribution in [3.05, 3.63) is 0 Å². The number of ether oxygens (including phenoxy) is 3. The number of hydrogen-bond acceptors (Lipinski definition) is 5. The first kappa shape index (κ1) is 16.0. The molecule has 1 saturated carbocycles. The van der Waals surface area contributed by atoms with E-state index in [1.807, 2.05) is 20.8 Å². The molecule has 2 heterocycles. The molecule has 3 fully saturated rings. The van der Waals surface area contributed by atoms with Crippen LogP contribution < -0.4 is 0 Å². The van der Waals surface area contributed by atoms with Gasteiger partial charge in [0.1, 0.15) is 5.60 Å². The standard InChI is InChI=1S/C16H27NO5/c1-14(2,3)22-13(19)17-4-5-21-16(9-17)6-12-7-20-11-15(12,8-16)10-18/h12,18H,4-11H2,1-3H3/t12-,15-,16-/m1/s1. The SMILES string of the molecule is CC(C)(C)OC(=O)N1CCO[C@@]2(C[C@@H]3COC[C@]3(CO)C2)C1. The summed E-state index contributed by atoms with van der Waals surface area (Å²) in [6.45, 7) is 8.63. The first-order valence-electron chi connectivity index (χ1n) is 8.08. The summed E-state index contributed by atoms with van der Waals surface area (Å²) in [6, 6.07) is 0. The molecule has 0 aromatic carbocycles. The lowest BCUT2D eigenvalue weighted by molar-refractivity contribution is -0.116. The Bertz CT molecular complexity index is 448. The third kappa shape index (κ3) is 2.84. The second kappa shape index (κ2) is 5.35. The van der Waals surface area contributed by atoms with Crippen molar-refractivity contribution in [3.8, 4) is 0 Å². The molecule has 6 nitrogen and oxygen atoms in total. The van der Waals surface area contributed by atoms with E-state index in [-0.39, 0.29) is 23.7 Å². The zero-order valence-electron chi connectivity index (χ0n) is 13.8. The number of morpholine rings is 1. The molecule has 126 valence electrons. The molecule has 3 rings (SSSR count). The van der Waals surface area contributed by atoms with Crippen LogP contribution in [0.1, 0.15) is 33.6 Å². The van der Waals surface area contributed by atoms with Crippen LogP contribution >= 0.6 is 0 Å². The average Bonchev–Trinajstić information content (AvgIpc) is 2.91. The van der Waals surface area contributed by atoms with Crippen molar-refractivity contribution in [3.63, 3.8) is 0 Å².